The molecule has 4 nitrogen and oxygen atoms in total. The van der Waals surface area contributed by atoms with Crippen LogP contribution in [0.15, 0.2) is 48.0 Å². The van der Waals surface area contributed by atoms with Gasteiger partial charge in [0.1, 0.15) is 0 Å². The minimum atomic E-state index is 0. The summed E-state index contributed by atoms with van der Waals surface area (Å²) in [7, 11) is 0. The summed E-state index contributed by atoms with van der Waals surface area (Å²) in [5.74, 6) is 1.10. The highest BCUT2D eigenvalue weighted by molar-refractivity contribution is 14.0. The number of halogens is 1. The Morgan fingerprint density at radius 1 is 1.45 bits per heavy atom. The first kappa shape index (κ1) is 16.8. The highest BCUT2D eigenvalue weighted by Gasteiger charge is 2.22. The molecule has 1 aromatic carbocycles. The van der Waals surface area contributed by atoms with E-state index in [0.29, 0.717) is 18.4 Å². The van der Waals surface area contributed by atoms with E-state index in [4.69, 9.17) is 5.73 Å². The fraction of sp³-hybridized carbons (Fsp3) is 0.400. The number of aliphatic imine (C=N–C) groups is 1. The van der Waals surface area contributed by atoms with E-state index in [0.717, 1.165) is 19.6 Å². The average molecular weight is 386 g/mol. The van der Waals surface area contributed by atoms with Crippen molar-refractivity contribution < 1.29 is 0 Å². The Morgan fingerprint density at radius 3 is 2.90 bits per heavy atom. The zero-order valence-electron chi connectivity index (χ0n) is 11.7. The second-order valence-corrected chi connectivity index (χ2v) is 4.83. The number of nitrogens with two attached hydrogens (primary N) is 1. The highest BCUT2D eigenvalue weighted by atomic mass is 127. The Kier molecular flexibility index (Phi) is 7.43. The third kappa shape index (κ3) is 5.03. The number of benzene rings is 1. The van der Waals surface area contributed by atoms with E-state index in [1.54, 1.807) is 6.08 Å². The van der Waals surface area contributed by atoms with E-state index in [1.807, 2.05) is 6.07 Å². The van der Waals surface area contributed by atoms with Crippen LogP contribution in [0, 0.1) is 5.92 Å². The molecular weight excluding hydrogens is 363 g/mol. The van der Waals surface area contributed by atoms with Crippen molar-refractivity contribution >= 4 is 35.6 Å². The topological polar surface area (TPSA) is 53.6 Å². The molecule has 1 fully saturated rings. The van der Waals surface area contributed by atoms with Crippen molar-refractivity contribution in [1.29, 1.82) is 0 Å². The zero-order valence-corrected chi connectivity index (χ0v) is 14.0. The van der Waals surface area contributed by atoms with Gasteiger partial charge in [0.15, 0.2) is 5.96 Å². The second kappa shape index (κ2) is 8.84. The molecular formula is C15H23IN4. The normalized spacial score (nSPS) is 18.5. The van der Waals surface area contributed by atoms with Crippen LogP contribution in [0.1, 0.15) is 6.42 Å². The number of anilines is 1. The first-order valence-electron chi connectivity index (χ1n) is 6.74. The molecule has 1 atom stereocenters. The van der Waals surface area contributed by atoms with Gasteiger partial charge in [-0.25, -0.2) is 0 Å². The number of rotatable bonds is 5. The molecule has 1 unspecified atom stereocenters. The summed E-state index contributed by atoms with van der Waals surface area (Å²) in [6.07, 6.45) is 2.95. The van der Waals surface area contributed by atoms with Crippen molar-refractivity contribution in [3.8, 4) is 0 Å². The Labute approximate surface area is 138 Å². The molecule has 20 heavy (non-hydrogen) atoms. The van der Waals surface area contributed by atoms with Crippen molar-refractivity contribution in [2.75, 3.05) is 31.1 Å². The molecule has 0 amide bonds. The molecule has 1 heterocycles. The number of nitrogens with zero attached hydrogens (tertiary/aromatic N) is 2. The smallest absolute Gasteiger partial charge is 0.188 e. The van der Waals surface area contributed by atoms with Crippen LogP contribution in [0.3, 0.4) is 0 Å². The summed E-state index contributed by atoms with van der Waals surface area (Å²) < 4.78 is 0. The molecule has 0 radical (unpaired) electrons. The summed E-state index contributed by atoms with van der Waals surface area (Å²) in [6, 6.07) is 10.5. The number of guanidine groups is 1. The first-order valence-corrected chi connectivity index (χ1v) is 6.74. The maximum absolute atomic E-state index is 5.76. The van der Waals surface area contributed by atoms with Crippen LogP contribution in [-0.2, 0) is 0 Å². The van der Waals surface area contributed by atoms with E-state index in [9.17, 15) is 0 Å². The van der Waals surface area contributed by atoms with E-state index in [1.165, 1.54) is 12.1 Å². The molecule has 0 bridgehead atoms. The lowest BCUT2D eigenvalue weighted by Gasteiger charge is -2.18. The van der Waals surface area contributed by atoms with Crippen molar-refractivity contribution in [1.82, 2.24) is 5.32 Å². The predicted molar refractivity (Wildman–Crippen MR) is 96.9 cm³/mol. The molecule has 5 heteroatoms. The van der Waals surface area contributed by atoms with Gasteiger partial charge in [-0.15, -0.1) is 30.6 Å². The van der Waals surface area contributed by atoms with Gasteiger partial charge in [0, 0.05) is 31.9 Å². The molecule has 1 aliphatic rings. The largest absolute Gasteiger partial charge is 0.371 e. The second-order valence-electron chi connectivity index (χ2n) is 4.83. The molecule has 1 saturated heterocycles. The van der Waals surface area contributed by atoms with Crippen molar-refractivity contribution in [3.05, 3.63) is 43.0 Å². The van der Waals surface area contributed by atoms with E-state index >= 15 is 0 Å². The fourth-order valence-corrected chi connectivity index (χ4v) is 2.32. The van der Waals surface area contributed by atoms with Gasteiger partial charge in [-0.2, -0.15) is 0 Å². The minimum Gasteiger partial charge on any atom is -0.371 e. The first-order chi connectivity index (χ1) is 9.29. The van der Waals surface area contributed by atoms with Gasteiger partial charge in [0.2, 0.25) is 0 Å². The van der Waals surface area contributed by atoms with E-state index in [-0.39, 0.29) is 24.0 Å². The Balaban J connectivity index is 0.00000200. The average Bonchev–Trinajstić information content (AvgIpc) is 2.93. The van der Waals surface area contributed by atoms with Crippen LogP contribution in [0.2, 0.25) is 0 Å². The lowest BCUT2D eigenvalue weighted by atomic mass is 10.1. The van der Waals surface area contributed by atoms with Gasteiger partial charge < -0.3 is 16.0 Å². The summed E-state index contributed by atoms with van der Waals surface area (Å²) in [5, 5.41) is 3.00. The molecule has 0 aliphatic carbocycles. The number of nitrogens with one attached hydrogen (secondary N) is 1. The molecule has 0 spiro atoms. The number of para-hydroxylation sites is 1. The molecule has 1 aromatic rings. The van der Waals surface area contributed by atoms with E-state index < -0.39 is 0 Å². The number of hydrogen-bond acceptors (Lipinski definition) is 2. The van der Waals surface area contributed by atoms with Crippen molar-refractivity contribution in [3.63, 3.8) is 0 Å². The molecule has 0 aromatic heterocycles. The lowest BCUT2D eigenvalue weighted by molar-refractivity contribution is 0.602. The van der Waals surface area contributed by atoms with Gasteiger partial charge >= 0.3 is 0 Å². The van der Waals surface area contributed by atoms with Crippen molar-refractivity contribution in [2.45, 2.75) is 6.42 Å². The van der Waals surface area contributed by atoms with Crippen LogP contribution < -0.4 is 16.0 Å². The standard InChI is InChI=1S/C15H22N4.HI/c1-2-9-17-15(16)18-11-13-8-10-19(12-13)14-6-4-3-5-7-14;/h2-7,13H,1,8-12H2,(H3,16,17,18);1H. The van der Waals surface area contributed by atoms with Crippen LogP contribution in [0.4, 0.5) is 5.69 Å². The van der Waals surface area contributed by atoms with Gasteiger partial charge in [-0.3, -0.25) is 4.99 Å². The molecule has 2 rings (SSSR count). The van der Waals surface area contributed by atoms with Gasteiger partial charge in [-0.05, 0) is 24.5 Å². The van der Waals surface area contributed by atoms with Crippen LogP contribution in [0.5, 0.6) is 0 Å². The zero-order chi connectivity index (χ0) is 13.5. The molecule has 1 aliphatic heterocycles. The summed E-state index contributed by atoms with van der Waals surface area (Å²) in [5.41, 5.74) is 7.06. The summed E-state index contributed by atoms with van der Waals surface area (Å²) >= 11 is 0. The lowest BCUT2D eigenvalue weighted by Crippen LogP contribution is -2.32. The van der Waals surface area contributed by atoms with Crippen LogP contribution in [-0.4, -0.2) is 32.1 Å². The molecule has 110 valence electrons. The predicted octanol–water partition coefficient (Wildman–Crippen LogP) is 2.22. The minimum absolute atomic E-state index is 0. The molecule has 0 saturated carbocycles. The SMILES string of the molecule is C=CCNC(N)=NCC1CCN(c2ccccc2)C1.I. The van der Waals surface area contributed by atoms with Crippen LogP contribution >= 0.6 is 24.0 Å². The van der Waals surface area contributed by atoms with E-state index in [2.05, 4.69) is 46.1 Å². The Bertz CT molecular complexity index is 433. The summed E-state index contributed by atoms with van der Waals surface area (Å²) in [4.78, 5) is 6.79. The maximum Gasteiger partial charge on any atom is 0.188 e. The van der Waals surface area contributed by atoms with Gasteiger partial charge in [0.05, 0.1) is 0 Å². The van der Waals surface area contributed by atoms with Crippen LogP contribution in [0.25, 0.3) is 0 Å². The molecule has 3 N–H and O–H groups in total. The third-order valence-electron chi connectivity index (χ3n) is 3.35. The Hall–Kier alpha value is -1.24. The number of hydrogen-bond donors (Lipinski definition) is 2. The van der Waals surface area contributed by atoms with Gasteiger partial charge in [0.25, 0.3) is 0 Å². The third-order valence-corrected chi connectivity index (χ3v) is 3.35. The fourth-order valence-electron chi connectivity index (χ4n) is 2.32. The summed E-state index contributed by atoms with van der Waals surface area (Å²) in [6.45, 7) is 7.25. The maximum atomic E-state index is 5.76. The van der Waals surface area contributed by atoms with Crippen molar-refractivity contribution in [2.24, 2.45) is 16.6 Å². The Morgan fingerprint density at radius 2 is 2.20 bits per heavy atom. The van der Waals surface area contributed by atoms with Gasteiger partial charge in [-0.1, -0.05) is 24.3 Å². The monoisotopic (exact) mass is 386 g/mol. The quantitative estimate of drug-likeness (QED) is 0.353. The highest BCUT2D eigenvalue weighted by Crippen LogP contribution is 2.23.